The van der Waals surface area contributed by atoms with Gasteiger partial charge in [-0.2, -0.15) is 0 Å². The molecule has 19 heavy (non-hydrogen) atoms. The molecule has 0 amide bonds. The second kappa shape index (κ2) is 6.29. The molecule has 3 fully saturated rings. The van der Waals surface area contributed by atoms with Gasteiger partial charge in [0.05, 0.1) is 37.8 Å². The molecule has 1 saturated heterocycles. The Hall–Kier alpha value is 0.160. The van der Waals surface area contributed by atoms with Crippen LogP contribution < -0.4 is 24.0 Å². The highest BCUT2D eigenvalue weighted by atomic mass is 127. The summed E-state index contributed by atoms with van der Waals surface area (Å²) in [5, 5.41) is 13.1. The van der Waals surface area contributed by atoms with Crippen molar-refractivity contribution in [2.24, 2.45) is 17.0 Å². The monoisotopic (exact) mass is 378 g/mol. The number of likely N-dealkylation sites (tertiary alicyclic amines) is 1. The van der Waals surface area contributed by atoms with Crippen molar-refractivity contribution in [1.29, 1.82) is 0 Å². The zero-order valence-electron chi connectivity index (χ0n) is 12.0. The Labute approximate surface area is 134 Å². The van der Waals surface area contributed by atoms with Crippen LogP contribution in [-0.2, 0) is 0 Å². The van der Waals surface area contributed by atoms with E-state index in [9.17, 15) is 5.21 Å². The quantitative estimate of drug-likeness (QED) is 0.297. The summed E-state index contributed by atoms with van der Waals surface area (Å²) in [5.74, 6) is 1.17. The first-order chi connectivity index (χ1) is 8.74. The third kappa shape index (κ3) is 2.80. The molecular weight excluding hydrogens is 351 g/mol. The van der Waals surface area contributed by atoms with Gasteiger partial charge in [0.1, 0.15) is 0 Å². The first kappa shape index (κ1) is 15.5. The third-order valence-electron chi connectivity index (χ3n) is 5.90. The number of hydrogen-bond acceptors (Lipinski definition) is 2. The molecule has 1 heterocycles. The van der Waals surface area contributed by atoms with Gasteiger partial charge in [-0.15, -0.1) is 0 Å². The summed E-state index contributed by atoms with van der Waals surface area (Å²) < 4.78 is 1.25. The molecule has 0 aromatic heterocycles. The SMILES string of the molecule is C[N+]1(C2CCC3CCCC2/C3=N\O)CCCCC1.[I-]. The molecule has 2 aliphatic carbocycles. The van der Waals surface area contributed by atoms with Crippen molar-refractivity contribution in [3.63, 3.8) is 0 Å². The molecule has 3 rings (SSSR count). The fourth-order valence-electron chi connectivity index (χ4n) is 4.91. The Morgan fingerprint density at radius 1 is 1.00 bits per heavy atom. The molecular formula is C15H27IN2O. The van der Waals surface area contributed by atoms with Gasteiger partial charge >= 0.3 is 0 Å². The standard InChI is InChI=1S/C15H26N2O.HI/c1-17(10-3-2-4-11-17)14-9-8-12-6-5-7-13(14)15(12)16-18;/h12-14H,2-11H2,1H3;1H/b16-15-;. The predicted molar refractivity (Wildman–Crippen MR) is 72.8 cm³/mol. The minimum absolute atomic E-state index is 0. The molecule has 110 valence electrons. The highest BCUT2D eigenvalue weighted by Gasteiger charge is 2.48. The molecule has 1 aliphatic heterocycles. The molecule has 3 atom stereocenters. The molecule has 4 heteroatoms. The van der Waals surface area contributed by atoms with Crippen LogP contribution >= 0.6 is 0 Å². The smallest absolute Gasteiger partial charge is 0.0971 e. The Morgan fingerprint density at radius 2 is 1.74 bits per heavy atom. The highest BCUT2D eigenvalue weighted by Crippen LogP contribution is 2.42. The molecule has 2 bridgehead atoms. The molecule has 1 N–H and O–H groups in total. The van der Waals surface area contributed by atoms with E-state index in [0.717, 1.165) is 11.8 Å². The first-order valence-corrected chi connectivity index (χ1v) is 7.81. The number of quaternary nitrogens is 1. The maximum atomic E-state index is 9.38. The van der Waals surface area contributed by atoms with Crippen LogP contribution in [0.3, 0.4) is 0 Å². The normalized spacial score (nSPS) is 39.6. The van der Waals surface area contributed by atoms with E-state index < -0.39 is 0 Å². The zero-order chi connectivity index (χ0) is 12.6. The molecule has 3 unspecified atom stereocenters. The van der Waals surface area contributed by atoms with Crippen LogP contribution in [0, 0.1) is 11.8 Å². The largest absolute Gasteiger partial charge is 1.00 e. The van der Waals surface area contributed by atoms with Crippen molar-refractivity contribution < 1.29 is 33.7 Å². The van der Waals surface area contributed by atoms with E-state index in [4.69, 9.17) is 0 Å². The lowest BCUT2D eigenvalue weighted by molar-refractivity contribution is -0.941. The Bertz CT molecular complexity index is 339. The van der Waals surface area contributed by atoms with Gasteiger partial charge in [-0.3, -0.25) is 0 Å². The minimum atomic E-state index is 0. The molecule has 0 aromatic carbocycles. The summed E-state index contributed by atoms with van der Waals surface area (Å²) in [6.45, 7) is 2.68. The van der Waals surface area contributed by atoms with Crippen LogP contribution in [0.25, 0.3) is 0 Å². The summed E-state index contributed by atoms with van der Waals surface area (Å²) in [7, 11) is 2.45. The second-order valence-electron chi connectivity index (χ2n) is 6.89. The fraction of sp³-hybridized carbons (Fsp3) is 0.933. The highest BCUT2D eigenvalue weighted by molar-refractivity contribution is 5.90. The van der Waals surface area contributed by atoms with Gasteiger partial charge in [-0.05, 0) is 38.5 Å². The van der Waals surface area contributed by atoms with Gasteiger partial charge < -0.3 is 33.7 Å². The van der Waals surface area contributed by atoms with Crippen LogP contribution in [0.15, 0.2) is 5.16 Å². The van der Waals surface area contributed by atoms with Gasteiger partial charge in [-0.25, -0.2) is 0 Å². The van der Waals surface area contributed by atoms with Crippen molar-refractivity contribution in [3.05, 3.63) is 0 Å². The lowest BCUT2D eigenvalue weighted by Gasteiger charge is -2.51. The number of piperidine rings is 1. The average molecular weight is 378 g/mol. The topological polar surface area (TPSA) is 32.6 Å². The van der Waals surface area contributed by atoms with Gasteiger partial charge in [0, 0.05) is 12.3 Å². The number of halogens is 1. The van der Waals surface area contributed by atoms with Crippen molar-refractivity contribution in [2.45, 2.75) is 57.4 Å². The molecule has 3 nitrogen and oxygen atoms in total. The van der Waals surface area contributed by atoms with Gasteiger partial charge in [0.15, 0.2) is 0 Å². The maximum absolute atomic E-state index is 9.38. The molecule has 0 aromatic rings. The molecule has 3 aliphatic rings. The number of rotatable bonds is 1. The van der Waals surface area contributed by atoms with Crippen molar-refractivity contribution in [2.75, 3.05) is 20.1 Å². The van der Waals surface area contributed by atoms with Gasteiger partial charge in [-0.1, -0.05) is 11.6 Å². The van der Waals surface area contributed by atoms with E-state index in [1.54, 1.807) is 0 Å². The third-order valence-corrected chi connectivity index (χ3v) is 5.90. The van der Waals surface area contributed by atoms with Crippen LogP contribution in [0.5, 0.6) is 0 Å². The van der Waals surface area contributed by atoms with Crippen molar-refractivity contribution in [3.8, 4) is 0 Å². The fourth-order valence-corrected chi connectivity index (χ4v) is 4.91. The summed E-state index contributed by atoms with van der Waals surface area (Å²) in [6, 6.07) is 0.729. The maximum Gasteiger partial charge on any atom is 0.0971 e. The van der Waals surface area contributed by atoms with Crippen LogP contribution in [0.2, 0.25) is 0 Å². The Balaban J connectivity index is 0.00000133. The lowest BCUT2D eigenvalue weighted by atomic mass is 9.67. The molecule has 2 saturated carbocycles. The average Bonchev–Trinajstić information content (AvgIpc) is 2.38. The van der Waals surface area contributed by atoms with E-state index in [0.29, 0.717) is 11.8 Å². The Kier molecular flexibility index (Phi) is 5.15. The number of nitrogens with zero attached hydrogens (tertiary/aromatic N) is 2. The van der Waals surface area contributed by atoms with Crippen LogP contribution in [0.4, 0.5) is 0 Å². The number of oxime groups is 1. The van der Waals surface area contributed by atoms with E-state index in [1.165, 1.54) is 68.9 Å². The summed E-state index contributed by atoms with van der Waals surface area (Å²) in [4.78, 5) is 0. The van der Waals surface area contributed by atoms with Crippen molar-refractivity contribution in [1.82, 2.24) is 0 Å². The van der Waals surface area contributed by atoms with Crippen LogP contribution in [-0.4, -0.2) is 41.6 Å². The second-order valence-corrected chi connectivity index (χ2v) is 6.89. The summed E-state index contributed by atoms with van der Waals surface area (Å²) >= 11 is 0. The van der Waals surface area contributed by atoms with E-state index in [2.05, 4.69) is 12.2 Å². The van der Waals surface area contributed by atoms with E-state index >= 15 is 0 Å². The van der Waals surface area contributed by atoms with E-state index in [-0.39, 0.29) is 24.0 Å². The number of fused-ring (bicyclic) bond motifs is 2. The van der Waals surface area contributed by atoms with Crippen molar-refractivity contribution >= 4 is 5.71 Å². The van der Waals surface area contributed by atoms with Gasteiger partial charge in [0.2, 0.25) is 0 Å². The Morgan fingerprint density at radius 3 is 2.42 bits per heavy atom. The first-order valence-electron chi connectivity index (χ1n) is 7.81. The minimum Gasteiger partial charge on any atom is -1.00 e. The summed E-state index contributed by atoms with van der Waals surface area (Å²) in [6.07, 6.45) is 10.6. The number of hydrogen-bond donors (Lipinski definition) is 1. The zero-order valence-corrected chi connectivity index (χ0v) is 14.2. The lowest BCUT2D eigenvalue weighted by Crippen LogP contribution is -3.00. The van der Waals surface area contributed by atoms with E-state index in [1.807, 2.05) is 0 Å². The van der Waals surface area contributed by atoms with Crippen LogP contribution in [0.1, 0.15) is 51.4 Å². The molecule has 0 spiro atoms. The van der Waals surface area contributed by atoms with Gasteiger partial charge in [0.25, 0.3) is 0 Å². The molecule has 0 radical (unpaired) electrons. The predicted octanol–water partition coefficient (Wildman–Crippen LogP) is 0.0298. The summed E-state index contributed by atoms with van der Waals surface area (Å²) in [5.41, 5.74) is 1.16.